The van der Waals surface area contributed by atoms with E-state index in [1.54, 1.807) is 0 Å². The molecule has 1 amide bonds. The van der Waals surface area contributed by atoms with Crippen LogP contribution in [0.2, 0.25) is 5.28 Å². The minimum atomic E-state index is -0.127. The van der Waals surface area contributed by atoms with Gasteiger partial charge in [0.25, 0.3) is 0 Å². The van der Waals surface area contributed by atoms with Gasteiger partial charge in [-0.3, -0.25) is 4.79 Å². The summed E-state index contributed by atoms with van der Waals surface area (Å²) in [4.78, 5) is 19.5. The van der Waals surface area contributed by atoms with Crippen LogP contribution in [0.15, 0.2) is 6.20 Å². The predicted molar refractivity (Wildman–Crippen MR) is 57.9 cm³/mol. The Morgan fingerprint density at radius 3 is 2.93 bits per heavy atom. The molecule has 0 saturated heterocycles. The van der Waals surface area contributed by atoms with Crippen LogP contribution in [0.3, 0.4) is 0 Å². The summed E-state index contributed by atoms with van der Waals surface area (Å²) >= 11 is 5.68. The van der Waals surface area contributed by atoms with E-state index in [-0.39, 0.29) is 23.2 Å². The topological polar surface area (TPSA) is 66.9 Å². The molecule has 2 rings (SSSR count). The molecule has 1 aromatic rings. The average Bonchev–Trinajstić information content (AvgIpc) is 2.29. The van der Waals surface area contributed by atoms with E-state index in [9.17, 15) is 4.79 Å². The highest BCUT2D eigenvalue weighted by atomic mass is 35.5. The first kappa shape index (κ1) is 10.2. The summed E-state index contributed by atoms with van der Waals surface area (Å²) in [5.41, 5.74) is 0.570. The van der Waals surface area contributed by atoms with E-state index < -0.39 is 0 Å². The van der Waals surface area contributed by atoms with Crippen molar-refractivity contribution in [3.05, 3.63) is 11.5 Å². The van der Waals surface area contributed by atoms with E-state index >= 15 is 0 Å². The molecule has 2 unspecified atom stereocenters. The lowest BCUT2D eigenvalue weighted by Gasteiger charge is -2.15. The van der Waals surface area contributed by atoms with Crippen LogP contribution in [0.1, 0.15) is 13.8 Å². The van der Waals surface area contributed by atoms with E-state index in [0.717, 1.165) is 0 Å². The van der Waals surface area contributed by atoms with Gasteiger partial charge in [-0.25, -0.2) is 4.98 Å². The van der Waals surface area contributed by atoms with Crippen molar-refractivity contribution in [2.75, 3.05) is 10.6 Å². The highest BCUT2D eigenvalue weighted by Crippen LogP contribution is 2.25. The number of nitrogens with one attached hydrogen (secondary N) is 2. The number of aromatic nitrogens is 2. The van der Waals surface area contributed by atoms with Crippen LogP contribution in [-0.4, -0.2) is 21.9 Å². The van der Waals surface area contributed by atoms with Gasteiger partial charge >= 0.3 is 0 Å². The maximum absolute atomic E-state index is 11.6. The zero-order valence-corrected chi connectivity index (χ0v) is 9.17. The number of hydrogen-bond acceptors (Lipinski definition) is 4. The lowest BCUT2D eigenvalue weighted by molar-refractivity contribution is -0.119. The molecule has 0 spiro atoms. The molecule has 2 atom stereocenters. The molecule has 0 radical (unpaired) electrons. The van der Waals surface area contributed by atoms with Crippen molar-refractivity contribution in [1.82, 2.24) is 9.97 Å². The van der Waals surface area contributed by atoms with Crippen LogP contribution in [0.25, 0.3) is 0 Å². The quantitative estimate of drug-likeness (QED) is 0.659. The fraction of sp³-hybridized carbons (Fsp3) is 0.444. The van der Waals surface area contributed by atoms with Crippen molar-refractivity contribution in [3.63, 3.8) is 0 Å². The van der Waals surface area contributed by atoms with E-state index in [2.05, 4.69) is 20.6 Å². The number of amides is 1. The molecule has 0 saturated carbocycles. The van der Waals surface area contributed by atoms with Gasteiger partial charge in [0, 0.05) is 6.04 Å². The van der Waals surface area contributed by atoms with Gasteiger partial charge in [0.2, 0.25) is 11.2 Å². The Bertz CT molecular complexity index is 409. The first-order valence-corrected chi connectivity index (χ1v) is 5.05. The molecule has 2 N–H and O–H groups in total. The standard InChI is InChI=1S/C9H11ClN4O/c1-4-5(2)12-7-6(13-8(4)15)3-11-9(10)14-7/h3-5H,1-2H3,(H,13,15)(H,11,12,14). The Hall–Kier alpha value is -1.36. The molecule has 80 valence electrons. The third-order valence-corrected chi connectivity index (χ3v) is 2.73. The second-order valence-corrected chi connectivity index (χ2v) is 3.95. The summed E-state index contributed by atoms with van der Waals surface area (Å²) < 4.78 is 0. The second kappa shape index (κ2) is 3.66. The van der Waals surface area contributed by atoms with Gasteiger partial charge in [0.15, 0.2) is 5.82 Å². The maximum atomic E-state index is 11.6. The summed E-state index contributed by atoms with van der Waals surface area (Å²) in [7, 11) is 0. The lowest BCUT2D eigenvalue weighted by atomic mass is 10.0. The average molecular weight is 227 g/mol. The van der Waals surface area contributed by atoms with E-state index in [1.165, 1.54) is 6.20 Å². The number of carbonyl (C=O) groups is 1. The van der Waals surface area contributed by atoms with Crippen molar-refractivity contribution >= 4 is 29.0 Å². The number of fused-ring (bicyclic) bond motifs is 1. The summed E-state index contributed by atoms with van der Waals surface area (Å²) in [5.74, 6) is 0.401. The Morgan fingerprint density at radius 1 is 1.47 bits per heavy atom. The van der Waals surface area contributed by atoms with Gasteiger partial charge in [-0.2, -0.15) is 4.98 Å². The van der Waals surface area contributed by atoms with Gasteiger partial charge < -0.3 is 10.6 Å². The number of anilines is 2. The first-order chi connectivity index (χ1) is 7.08. The fourth-order valence-electron chi connectivity index (χ4n) is 1.38. The molecule has 1 aromatic heterocycles. The highest BCUT2D eigenvalue weighted by Gasteiger charge is 2.26. The third-order valence-electron chi connectivity index (χ3n) is 2.55. The van der Waals surface area contributed by atoms with Crippen LogP contribution in [0.4, 0.5) is 11.5 Å². The minimum absolute atomic E-state index is 0.0113. The SMILES string of the molecule is CC1Nc2nc(Cl)ncc2NC(=O)C1C. The highest BCUT2D eigenvalue weighted by molar-refractivity contribution is 6.28. The zero-order chi connectivity index (χ0) is 11.0. The van der Waals surface area contributed by atoms with Crippen LogP contribution in [-0.2, 0) is 4.79 Å². The Kier molecular flexibility index (Phi) is 2.48. The van der Waals surface area contributed by atoms with E-state index in [4.69, 9.17) is 11.6 Å². The summed E-state index contributed by atoms with van der Waals surface area (Å²) in [6, 6.07) is 0.0113. The summed E-state index contributed by atoms with van der Waals surface area (Å²) in [6.07, 6.45) is 1.50. The summed E-state index contributed by atoms with van der Waals surface area (Å²) in [6.45, 7) is 3.78. The second-order valence-electron chi connectivity index (χ2n) is 3.61. The van der Waals surface area contributed by atoms with Gasteiger partial charge in [-0.05, 0) is 18.5 Å². The van der Waals surface area contributed by atoms with Crippen LogP contribution < -0.4 is 10.6 Å². The molecule has 1 aliphatic rings. The van der Waals surface area contributed by atoms with Crippen LogP contribution in [0.5, 0.6) is 0 Å². The van der Waals surface area contributed by atoms with Crippen molar-refractivity contribution in [2.45, 2.75) is 19.9 Å². The molecule has 1 aliphatic heterocycles. The molecule has 15 heavy (non-hydrogen) atoms. The Labute approximate surface area is 92.3 Å². The molecule has 0 aromatic carbocycles. The van der Waals surface area contributed by atoms with Crippen molar-refractivity contribution in [2.24, 2.45) is 5.92 Å². The third kappa shape index (κ3) is 1.87. The van der Waals surface area contributed by atoms with Crippen molar-refractivity contribution in [3.8, 4) is 0 Å². The maximum Gasteiger partial charge on any atom is 0.229 e. The number of nitrogens with zero attached hydrogens (tertiary/aromatic N) is 2. The van der Waals surface area contributed by atoms with Gasteiger partial charge in [0.05, 0.1) is 12.1 Å². The van der Waals surface area contributed by atoms with Crippen molar-refractivity contribution < 1.29 is 4.79 Å². The Morgan fingerprint density at radius 2 is 2.20 bits per heavy atom. The molecule has 6 heteroatoms. The Balaban J connectivity index is 2.42. The van der Waals surface area contributed by atoms with Gasteiger partial charge in [-0.1, -0.05) is 6.92 Å². The van der Waals surface area contributed by atoms with Crippen LogP contribution >= 0.6 is 11.6 Å². The molecular formula is C9H11ClN4O. The van der Waals surface area contributed by atoms with E-state index in [1.807, 2.05) is 13.8 Å². The molecule has 0 aliphatic carbocycles. The molecule has 5 nitrogen and oxygen atoms in total. The lowest BCUT2D eigenvalue weighted by Crippen LogP contribution is -2.30. The largest absolute Gasteiger partial charge is 0.365 e. The predicted octanol–water partition coefficient (Wildman–Crippen LogP) is 1.52. The number of hydrogen-bond donors (Lipinski definition) is 2. The van der Waals surface area contributed by atoms with Gasteiger partial charge in [-0.15, -0.1) is 0 Å². The van der Waals surface area contributed by atoms with Gasteiger partial charge in [0.1, 0.15) is 5.69 Å². The fourth-order valence-corrected chi connectivity index (χ4v) is 1.51. The number of halogens is 1. The van der Waals surface area contributed by atoms with Crippen LogP contribution in [0, 0.1) is 5.92 Å². The van der Waals surface area contributed by atoms with E-state index in [0.29, 0.717) is 11.5 Å². The molecule has 2 heterocycles. The smallest absolute Gasteiger partial charge is 0.229 e. The summed E-state index contributed by atoms with van der Waals surface area (Å²) in [5, 5.41) is 6.03. The molecule has 0 bridgehead atoms. The minimum Gasteiger partial charge on any atom is -0.365 e. The normalized spacial score (nSPS) is 24.9. The van der Waals surface area contributed by atoms with Crippen molar-refractivity contribution in [1.29, 1.82) is 0 Å². The molecular weight excluding hydrogens is 216 g/mol. The monoisotopic (exact) mass is 226 g/mol. The first-order valence-electron chi connectivity index (χ1n) is 4.68. The number of carbonyl (C=O) groups excluding carboxylic acids is 1. The zero-order valence-electron chi connectivity index (χ0n) is 8.41. The molecule has 0 fully saturated rings. The number of rotatable bonds is 0.